The number of nitrogen functional groups attached to an aromatic ring is 1. The first-order valence-electron chi connectivity index (χ1n) is 5.72. The van der Waals surface area contributed by atoms with E-state index in [0.29, 0.717) is 11.3 Å². The van der Waals surface area contributed by atoms with Gasteiger partial charge in [0.05, 0.1) is 5.56 Å². The Bertz CT molecular complexity index is 697. The zero-order valence-corrected chi connectivity index (χ0v) is 11.7. The Kier molecular flexibility index (Phi) is 3.80. The van der Waals surface area contributed by atoms with Crippen LogP contribution < -0.4 is 11.1 Å². The smallest absolute Gasteiger partial charge is 0.260 e. The van der Waals surface area contributed by atoms with Gasteiger partial charge < -0.3 is 5.73 Å². The summed E-state index contributed by atoms with van der Waals surface area (Å²) in [4.78, 5) is 27.0. The molecule has 0 saturated carbocycles. The summed E-state index contributed by atoms with van der Waals surface area (Å²) in [7, 11) is 0. The van der Waals surface area contributed by atoms with Crippen molar-refractivity contribution in [3.63, 3.8) is 0 Å². The van der Waals surface area contributed by atoms with Crippen LogP contribution in [0.2, 0.25) is 0 Å². The molecule has 0 aliphatic rings. The van der Waals surface area contributed by atoms with Crippen molar-refractivity contribution in [2.24, 2.45) is 0 Å². The normalized spacial score (nSPS) is 10.3. The lowest BCUT2D eigenvalue weighted by Gasteiger charge is -2.06. The molecule has 0 aliphatic carbocycles. The maximum atomic E-state index is 13.9. The molecule has 0 fully saturated rings. The van der Waals surface area contributed by atoms with Gasteiger partial charge in [0.2, 0.25) is 0 Å². The second kappa shape index (κ2) is 5.38. The number of amides is 1. The molecule has 1 amide bonds. The average molecular weight is 293 g/mol. The number of aromatic nitrogens is 1. The van der Waals surface area contributed by atoms with Crippen LogP contribution in [0, 0.1) is 12.7 Å². The summed E-state index contributed by atoms with van der Waals surface area (Å²) in [6, 6.07) is 2.71. The summed E-state index contributed by atoms with van der Waals surface area (Å²) < 4.78 is 13.9. The number of anilines is 2. The number of halogens is 1. The highest BCUT2D eigenvalue weighted by Gasteiger charge is 2.16. The number of thiazole rings is 1. The van der Waals surface area contributed by atoms with Crippen LogP contribution in [0.15, 0.2) is 17.5 Å². The number of hydrogen-bond donors (Lipinski definition) is 2. The molecule has 5 nitrogen and oxygen atoms in total. The van der Waals surface area contributed by atoms with Crippen LogP contribution in [0.25, 0.3) is 0 Å². The number of Topliss-reactive ketones (excluding diaryl/α,β-unsaturated/α-hetero) is 1. The summed E-state index contributed by atoms with van der Waals surface area (Å²) in [6.07, 6.45) is 0. The molecular weight excluding hydrogens is 281 g/mol. The van der Waals surface area contributed by atoms with Gasteiger partial charge in [-0.1, -0.05) is 0 Å². The SMILES string of the molecule is CC(=O)c1csc(NC(=O)c2cc(N)cc(C)c2F)n1. The second-order valence-electron chi connectivity index (χ2n) is 4.25. The molecule has 1 aromatic heterocycles. The van der Waals surface area contributed by atoms with E-state index in [9.17, 15) is 14.0 Å². The molecule has 0 atom stereocenters. The number of nitrogens with one attached hydrogen (secondary N) is 1. The minimum Gasteiger partial charge on any atom is -0.399 e. The number of nitrogens with two attached hydrogens (primary N) is 1. The largest absolute Gasteiger partial charge is 0.399 e. The zero-order valence-electron chi connectivity index (χ0n) is 10.9. The van der Waals surface area contributed by atoms with Gasteiger partial charge in [-0.2, -0.15) is 0 Å². The van der Waals surface area contributed by atoms with Crippen molar-refractivity contribution in [1.29, 1.82) is 0 Å². The van der Waals surface area contributed by atoms with Crippen LogP contribution in [0.1, 0.15) is 33.3 Å². The van der Waals surface area contributed by atoms with Crippen molar-refractivity contribution in [3.8, 4) is 0 Å². The lowest BCUT2D eigenvalue weighted by Crippen LogP contribution is -2.15. The van der Waals surface area contributed by atoms with E-state index in [1.807, 2.05) is 0 Å². The quantitative estimate of drug-likeness (QED) is 0.673. The first-order chi connectivity index (χ1) is 9.38. The Hall–Kier alpha value is -2.28. The highest BCUT2D eigenvalue weighted by atomic mass is 32.1. The molecular formula is C13H12FN3O2S. The van der Waals surface area contributed by atoms with Gasteiger partial charge in [0, 0.05) is 18.0 Å². The third-order valence-corrected chi connectivity index (χ3v) is 3.36. The summed E-state index contributed by atoms with van der Waals surface area (Å²) in [5, 5.41) is 4.21. The maximum Gasteiger partial charge on any atom is 0.260 e. The maximum absolute atomic E-state index is 13.9. The van der Waals surface area contributed by atoms with Crippen LogP contribution >= 0.6 is 11.3 Å². The molecule has 7 heteroatoms. The average Bonchev–Trinajstić information content (AvgIpc) is 2.82. The molecule has 0 radical (unpaired) electrons. The fourth-order valence-corrected chi connectivity index (χ4v) is 2.36. The second-order valence-corrected chi connectivity index (χ2v) is 5.11. The van der Waals surface area contributed by atoms with Gasteiger partial charge in [-0.25, -0.2) is 9.37 Å². The standard InChI is InChI=1S/C13H12FN3O2S/c1-6-3-8(15)4-9(11(6)14)12(19)17-13-16-10(5-20-13)7(2)18/h3-5H,15H2,1-2H3,(H,16,17,19). The van der Waals surface area contributed by atoms with E-state index >= 15 is 0 Å². The lowest BCUT2D eigenvalue weighted by molar-refractivity contribution is 0.100. The molecule has 0 spiro atoms. The van der Waals surface area contributed by atoms with Crippen LogP contribution in [0.4, 0.5) is 15.2 Å². The Morgan fingerprint density at radius 3 is 2.70 bits per heavy atom. The molecule has 0 unspecified atom stereocenters. The Morgan fingerprint density at radius 1 is 1.40 bits per heavy atom. The van der Waals surface area contributed by atoms with Crippen molar-refractivity contribution in [3.05, 3.63) is 40.2 Å². The number of hydrogen-bond acceptors (Lipinski definition) is 5. The molecule has 0 aliphatic heterocycles. The number of carbonyl (C=O) groups is 2. The first kappa shape index (κ1) is 14.1. The molecule has 2 aromatic rings. The van der Waals surface area contributed by atoms with E-state index in [1.165, 1.54) is 31.4 Å². The fraction of sp³-hybridized carbons (Fsp3) is 0.154. The molecule has 1 heterocycles. The molecule has 3 N–H and O–H groups in total. The van der Waals surface area contributed by atoms with E-state index in [0.717, 1.165) is 11.3 Å². The highest BCUT2D eigenvalue weighted by Crippen LogP contribution is 2.20. The molecule has 20 heavy (non-hydrogen) atoms. The first-order valence-corrected chi connectivity index (χ1v) is 6.60. The monoisotopic (exact) mass is 293 g/mol. The number of carbonyl (C=O) groups excluding carboxylic acids is 2. The van der Waals surface area contributed by atoms with Crippen LogP contribution in [-0.2, 0) is 0 Å². The van der Waals surface area contributed by atoms with Crippen molar-refractivity contribution >= 4 is 33.8 Å². The molecule has 0 bridgehead atoms. The van der Waals surface area contributed by atoms with E-state index in [-0.39, 0.29) is 22.2 Å². The number of ketones is 1. The third-order valence-electron chi connectivity index (χ3n) is 2.61. The lowest BCUT2D eigenvalue weighted by atomic mass is 10.1. The Morgan fingerprint density at radius 2 is 2.10 bits per heavy atom. The van der Waals surface area contributed by atoms with E-state index in [1.54, 1.807) is 0 Å². The molecule has 104 valence electrons. The Labute approximate surface area is 118 Å². The van der Waals surface area contributed by atoms with Crippen LogP contribution in [-0.4, -0.2) is 16.7 Å². The predicted octanol–water partition coefficient (Wildman–Crippen LogP) is 2.63. The summed E-state index contributed by atoms with van der Waals surface area (Å²) >= 11 is 1.10. The minimum absolute atomic E-state index is 0.151. The summed E-state index contributed by atoms with van der Waals surface area (Å²) in [5.74, 6) is -1.48. The molecule has 0 saturated heterocycles. The van der Waals surface area contributed by atoms with Crippen molar-refractivity contribution in [2.75, 3.05) is 11.1 Å². The topological polar surface area (TPSA) is 85.1 Å². The van der Waals surface area contributed by atoms with Crippen molar-refractivity contribution in [2.45, 2.75) is 13.8 Å². The van der Waals surface area contributed by atoms with Gasteiger partial charge in [-0.05, 0) is 24.6 Å². The molecule has 1 aromatic carbocycles. The predicted molar refractivity (Wildman–Crippen MR) is 75.6 cm³/mol. The van der Waals surface area contributed by atoms with Gasteiger partial charge in [0.1, 0.15) is 11.5 Å². The van der Waals surface area contributed by atoms with E-state index < -0.39 is 11.7 Å². The van der Waals surface area contributed by atoms with Crippen molar-refractivity contribution in [1.82, 2.24) is 4.98 Å². The minimum atomic E-state index is -0.651. The number of rotatable bonds is 3. The van der Waals surface area contributed by atoms with Crippen LogP contribution in [0.5, 0.6) is 0 Å². The third kappa shape index (κ3) is 2.83. The number of benzene rings is 1. The Balaban J connectivity index is 2.26. The van der Waals surface area contributed by atoms with Crippen molar-refractivity contribution < 1.29 is 14.0 Å². The van der Waals surface area contributed by atoms with Gasteiger partial charge in [0.25, 0.3) is 5.91 Å². The summed E-state index contributed by atoms with van der Waals surface area (Å²) in [6.45, 7) is 2.90. The number of nitrogens with zero attached hydrogens (tertiary/aromatic N) is 1. The number of aryl methyl sites for hydroxylation is 1. The summed E-state index contributed by atoms with van der Waals surface area (Å²) in [5.41, 5.74) is 6.30. The van der Waals surface area contributed by atoms with Crippen LogP contribution in [0.3, 0.4) is 0 Å². The zero-order chi connectivity index (χ0) is 14.9. The van der Waals surface area contributed by atoms with E-state index in [2.05, 4.69) is 10.3 Å². The highest BCUT2D eigenvalue weighted by molar-refractivity contribution is 7.14. The van der Waals surface area contributed by atoms with Gasteiger partial charge in [-0.15, -0.1) is 11.3 Å². The molecule has 2 rings (SSSR count). The van der Waals surface area contributed by atoms with Gasteiger partial charge in [0.15, 0.2) is 10.9 Å². The van der Waals surface area contributed by atoms with Gasteiger partial charge in [-0.3, -0.25) is 14.9 Å². The fourth-order valence-electron chi connectivity index (χ4n) is 1.62. The van der Waals surface area contributed by atoms with E-state index in [4.69, 9.17) is 5.73 Å². The van der Waals surface area contributed by atoms with Gasteiger partial charge >= 0.3 is 0 Å².